The molecule has 1 aliphatic rings. The van der Waals surface area contributed by atoms with Crippen LogP contribution in [0.4, 0.5) is 11.4 Å². The molecule has 1 aromatic carbocycles. The van der Waals surface area contributed by atoms with Crippen molar-refractivity contribution in [3.8, 4) is 6.07 Å². The van der Waals surface area contributed by atoms with E-state index < -0.39 is 0 Å². The summed E-state index contributed by atoms with van der Waals surface area (Å²) in [7, 11) is 0. The molecule has 1 fully saturated rings. The van der Waals surface area contributed by atoms with Gasteiger partial charge in [-0.1, -0.05) is 12.1 Å². The van der Waals surface area contributed by atoms with Gasteiger partial charge in [0.2, 0.25) is 0 Å². The summed E-state index contributed by atoms with van der Waals surface area (Å²) in [6.45, 7) is 4.64. The minimum atomic E-state index is -0.213. The predicted octanol–water partition coefficient (Wildman–Crippen LogP) is 1.76. The van der Waals surface area contributed by atoms with Crippen molar-refractivity contribution in [2.45, 2.75) is 0 Å². The maximum absolute atomic E-state index is 12.3. The van der Waals surface area contributed by atoms with Gasteiger partial charge in [-0.2, -0.15) is 5.26 Å². The molecule has 0 bridgehead atoms. The molecule has 0 atom stereocenters. The van der Waals surface area contributed by atoms with Crippen LogP contribution in [-0.2, 0) is 4.74 Å². The van der Waals surface area contributed by atoms with Gasteiger partial charge in [0.05, 0.1) is 24.5 Å². The van der Waals surface area contributed by atoms with Crippen molar-refractivity contribution >= 4 is 17.3 Å². The van der Waals surface area contributed by atoms with Crippen molar-refractivity contribution in [1.82, 2.24) is 15.2 Å². The SMILES string of the molecule is N#Cc1ccccc1Nc1ccnc(C(=O)NCCN2CCOCC2)c1. The molecule has 1 amide bonds. The third-order valence-corrected chi connectivity index (χ3v) is 4.14. The fraction of sp³-hybridized carbons (Fsp3) is 0.316. The highest BCUT2D eigenvalue weighted by molar-refractivity contribution is 5.93. The number of carbonyl (C=O) groups is 1. The molecule has 0 unspecified atom stereocenters. The Morgan fingerprint density at radius 3 is 2.88 bits per heavy atom. The Bertz CT molecular complexity index is 797. The second-order valence-corrected chi connectivity index (χ2v) is 5.92. The summed E-state index contributed by atoms with van der Waals surface area (Å²) < 4.78 is 5.31. The summed E-state index contributed by atoms with van der Waals surface area (Å²) in [6.07, 6.45) is 1.58. The number of pyridine rings is 1. The van der Waals surface area contributed by atoms with E-state index in [9.17, 15) is 4.79 Å². The standard InChI is InChI=1S/C19H21N5O2/c20-14-15-3-1-2-4-17(15)23-16-5-6-21-18(13-16)19(25)22-7-8-24-9-11-26-12-10-24/h1-6,13H,7-12H2,(H,21,23)(H,22,25). The van der Waals surface area contributed by atoms with Crippen LogP contribution in [0.2, 0.25) is 0 Å². The number of para-hydroxylation sites is 1. The van der Waals surface area contributed by atoms with Crippen LogP contribution in [0.5, 0.6) is 0 Å². The van der Waals surface area contributed by atoms with Crippen LogP contribution in [0, 0.1) is 11.3 Å². The van der Waals surface area contributed by atoms with Crippen molar-refractivity contribution in [3.05, 3.63) is 53.9 Å². The zero-order valence-electron chi connectivity index (χ0n) is 14.4. The molecule has 1 aromatic heterocycles. The summed E-state index contributed by atoms with van der Waals surface area (Å²) in [5.41, 5.74) is 2.29. The van der Waals surface area contributed by atoms with Crippen LogP contribution in [0.1, 0.15) is 16.1 Å². The smallest absolute Gasteiger partial charge is 0.269 e. The lowest BCUT2D eigenvalue weighted by atomic mass is 10.2. The summed E-state index contributed by atoms with van der Waals surface area (Å²) in [5.74, 6) is -0.213. The number of rotatable bonds is 6. The number of hydrogen-bond acceptors (Lipinski definition) is 6. The van der Waals surface area contributed by atoms with Crippen LogP contribution >= 0.6 is 0 Å². The number of anilines is 2. The van der Waals surface area contributed by atoms with Gasteiger partial charge < -0.3 is 15.4 Å². The zero-order chi connectivity index (χ0) is 18.2. The van der Waals surface area contributed by atoms with E-state index in [-0.39, 0.29) is 5.91 Å². The van der Waals surface area contributed by atoms with Gasteiger partial charge in [-0.3, -0.25) is 14.7 Å². The summed E-state index contributed by atoms with van der Waals surface area (Å²) in [4.78, 5) is 18.7. The van der Waals surface area contributed by atoms with Gasteiger partial charge in [0, 0.05) is 38.1 Å². The number of aromatic nitrogens is 1. The fourth-order valence-corrected chi connectivity index (χ4v) is 2.72. The molecule has 7 heteroatoms. The minimum absolute atomic E-state index is 0.213. The number of ether oxygens (including phenoxy) is 1. The van der Waals surface area contributed by atoms with Crippen LogP contribution in [-0.4, -0.2) is 55.2 Å². The largest absolute Gasteiger partial charge is 0.379 e. The highest BCUT2D eigenvalue weighted by Gasteiger charge is 2.12. The molecule has 1 saturated heterocycles. The monoisotopic (exact) mass is 351 g/mol. The Hall–Kier alpha value is -2.95. The first-order chi connectivity index (χ1) is 12.8. The number of nitriles is 1. The molecule has 26 heavy (non-hydrogen) atoms. The Morgan fingerprint density at radius 2 is 2.08 bits per heavy atom. The van der Waals surface area contributed by atoms with Crippen molar-refractivity contribution < 1.29 is 9.53 Å². The van der Waals surface area contributed by atoms with E-state index in [1.165, 1.54) is 0 Å². The lowest BCUT2D eigenvalue weighted by Crippen LogP contribution is -2.41. The number of nitrogens with zero attached hydrogens (tertiary/aromatic N) is 3. The van der Waals surface area contributed by atoms with E-state index >= 15 is 0 Å². The van der Waals surface area contributed by atoms with Gasteiger partial charge in [-0.25, -0.2) is 0 Å². The second-order valence-electron chi connectivity index (χ2n) is 5.92. The number of amides is 1. The van der Waals surface area contributed by atoms with Crippen molar-refractivity contribution in [1.29, 1.82) is 5.26 Å². The predicted molar refractivity (Wildman–Crippen MR) is 98.3 cm³/mol. The van der Waals surface area contributed by atoms with Crippen molar-refractivity contribution in [2.75, 3.05) is 44.7 Å². The molecule has 0 radical (unpaired) electrons. The number of nitrogens with one attached hydrogen (secondary N) is 2. The van der Waals surface area contributed by atoms with E-state index in [1.807, 2.05) is 18.2 Å². The van der Waals surface area contributed by atoms with Crippen LogP contribution in [0.15, 0.2) is 42.6 Å². The molecule has 0 saturated carbocycles. The molecule has 2 N–H and O–H groups in total. The molecule has 1 aliphatic heterocycles. The van der Waals surface area contributed by atoms with Gasteiger partial charge in [0.15, 0.2) is 0 Å². The molecular weight excluding hydrogens is 330 g/mol. The first kappa shape index (κ1) is 17.9. The lowest BCUT2D eigenvalue weighted by molar-refractivity contribution is 0.0383. The first-order valence-electron chi connectivity index (χ1n) is 8.57. The van der Waals surface area contributed by atoms with Gasteiger partial charge >= 0.3 is 0 Å². The fourth-order valence-electron chi connectivity index (χ4n) is 2.72. The average Bonchev–Trinajstić information content (AvgIpc) is 2.69. The summed E-state index contributed by atoms with van der Waals surface area (Å²) in [5, 5.41) is 15.2. The maximum atomic E-state index is 12.3. The highest BCUT2D eigenvalue weighted by atomic mass is 16.5. The minimum Gasteiger partial charge on any atom is -0.379 e. The van der Waals surface area contributed by atoms with E-state index in [4.69, 9.17) is 10.00 Å². The van der Waals surface area contributed by atoms with Crippen molar-refractivity contribution in [3.63, 3.8) is 0 Å². The molecule has 0 spiro atoms. The number of benzene rings is 1. The van der Waals surface area contributed by atoms with Gasteiger partial charge in [0.1, 0.15) is 11.8 Å². The van der Waals surface area contributed by atoms with E-state index in [0.29, 0.717) is 29.2 Å². The molecule has 2 aromatic rings. The molecule has 134 valence electrons. The average molecular weight is 351 g/mol. The second kappa shape index (κ2) is 8.94. The summed E-state index contributed by atoms with van der Waals surface area (Å²) >= 11 is 0. The van der Waals surface area contributed by atoms with Crippen LogP contribution < -0.4 is 10.6 Å². The number of morpholine rings is 1. The van der Waals surface area contributed by atoms with Crippen molar-refractivity contribution in [2.24, 2.45) is 0 Å². The topological polar surface area (TPSA) is 90.3 Å². The van der Waals surface area contributed by atoms with Crippen LogP contribution in [0.25, 0.3) is 0 Å². The van der Waals surface area contributed by atoms with Gasteiger partial charge in [0.25, 0.3) is 5.91 Å². The Kier molecular flexibility index (Phi) is 6.14. The number of carbonyl (C=O) groups excluding carboxylic acids is 1. The molecule has 2 heterocycles. The number of hydrogen-bond donors (Lipinski definition) is 2. The van der Waals surface area contributed by atoms with E-state index in [1.54, 1.807) is 24.4 Å². The lowest BCUT2D eigenvalue weighted by Gasteiger charge is -2.26. The van der Waals surface area contributed by atoms with E-state index in [0.717, 1.165) is 32.8 Å². The highest BCUT2D eigenvalue weighted by Crippen LogP contribution is 2.20. The molecule has 0 aliphatic carbocycles. The summed E-state index contributed by atoms with van der Waals surface area (Å²) in [6, 6.07) is 12.8. The Morgan fingerprint density at radius 1 is 1.27 bits per heavy atom. The third-order valence-electron chi connectivity index (χ3n) is 4.14. The molecule has 7 nitrogen and oxygen atoms in total. The van der Waals surface area contributed by atoms with E-state index in [2.05, 4.69) is 26.6 Å². The van der Waals surface area contributed by atoms with Gasteiger partial charge in [-0.05, 0) is 24.3 Å². The Labute approximate surface area is 152 Å². The first-order valence-corrected chi connectivity index (χ1v) is 8.57. The normalized spacial score (nSPS) is 14.4. The quantitative estimate of drug-likeness (QED) is 0.824. The maximum Gasteiger partial charge on any atom is 0.269 e. The molecular formula is C19H21N5O2. The Balaban J connectivity index is 1.57. The van der Waals surface area contributed by atoms with Crippen LogP contribution in [0.3, 0.4) is 0 Å². The zero-order valence-corrected chi connectivity index (χ0v) is 14.4. The van der Waals surface area contributed by atoms with Gasteiger partial charge in [-0.15, -0.1) is 0 Å². The molecule has 3 rings (SSSR count). The third kappa shape index (κ3) is 4.79.